The molecule has 1 aromatic heterocycles. The van der Waals surface area contributed by atoms with Gasteiger partial charge in [0.25, 0.3) is 0 Å². The van der Waals surface area contributed by atoms with E-state index in [1.807, 2.05) is 35.2 Å². The lowest BCUT2D eigenvalue weighted by atomic mass is 10.2. The lowest BCUT2D eigenvalue weighted by Crippen LogP contribution is -2.49. The van der Waals surface area contributed by atoms with Crippen LogP contribution in [0.1, 0.15) is 12.2 Å². The van der Waals surface area contributed by atoms with Gasteiger partial charge in [-0.05, 0) is 42.8 Å². The van der Waals surface area contributed by atoms with Crippen LogP contribution >= 0.6 is 0 Å². The van der Waals surface area contributed by atoms with Crippen molar-refractivity contribution >= 4 is 17.5 Å². The van der Waals surface area contributed by atoms with Crippen molar-refractivity contribution in [1.29, 1.82) is 0 Å². The summed E-state index contributed by atoms with van der Waals surface area (Å²) in [5.74, 6) is 1.21. The molecule has 2 aromatic rings. The van der Waals surface area contributed by atoms with Gasteiger partial charge >= 0.3 is 0 Å². The van der Waals surface area contributed by atoms with E-state index in [4.69, 9.17) is 9.15 Å². The number of rotatable bonds is 6. The van der Waals surface area contributed by atoms with Crippen molar-refractivity contribution in [3.05, 3.63) is 48.4 Å². The molecule has 0 bridgehead atoms. The van der Waals surface area contributed by atoms with Crippen LogP contribution in [0.3, 0.4) is 0 Å². The molecule has 2 heterocycles. The van der Waals surface area contributed by atoms with Gasteiger partial charge in [0.2, 0.25) is 11.8 Å². The van der Waals surface area contributed by atoms with Crippen LogP contribution in [0.5, 0.6) is 5.75 Å². The van der Waals surface area contributed by atoms with Gasteiger partial charge in [-0.25, -0.2) is 0 Å². The second kappa shape index (κ2) is 7.96. The van der Waals surface area contributed by atoms with E-state index in [0.717, 1.165) is 24.5 Å². The largest absolute Gasteiger partial charge is 0.497 e. The first-order valence-electron chi connectivity index (χ1n) is 9.63. The van der Waals surface area contributed by atoms with Crippen molar-refractivity contribution in [3.8, 4) is 5.75 Å². The quantitative estimate of drug-likeness (QED) is 0.825. The number of methoxy groups -OCH3 is 1. The standard InChI is InChI=1S/C21H25N3O4/c1-27-16-6-4-15(5-7-16)23-8-10-24(11-9-23)21(26)19-13-18(19)20(25)22-14-17-3-2-12-28-17/h2-7,12,18-19H,8-11,13-14H2,1H3,(H,22,25). The molecule has 1 aliphatic carbocycles. The summed E-state index contributed by atoms with van der Waals surface area (Å²) < 4.78 is 10.4. The number of hydrogen-bond donors (Lipinski definition) is 1. The summed E-state index contributed by atoms with van der Waals surface area (Å²) in [5.41, 5.74) is 1.13. The highest BCUT2D eigenvalue weighted by Gasteiger charge is 2.49. The van der Waals surface area contributed by atoms with Crippen LogP contribution in [0.2, 0.25) is 0 Å². The van der Waals surface area contributed by atoms with Gasteiger partial charge in [0.15, 0.2) is 0 Å². The molecule has 1 aliphatic heterocycles. The highest BCUT2D eigenvalue weighted by molar-refractivity contribution is 5.92. The van der Waals surface area contributed by atoms with E-state index in [-0.39, 0.29) is 23.7 Å². The second-order valence-electron chi connectivity index (χ2n) is 7.26. The van der Waals surface area contributed by atoms with E-state index >= 15 is 0 Å². The summed E-state index contributed by atoms with van der Waals surface area (Å²) in [4.78, 5) is 29.1. The van der Waals surface area contributed by atoms with Crippen molar-refractivity contribution in [2.45, 2.75) is 13.0 Å². The number of nitrogens with one attached hydrogen (secondary N) is 1. The van der Waals surface area contributed by atoms with Gasteiger partial charge in [0.1, 0.15) is 11.5 Å². The van der Waals surface area contributed by atoms with Crippen LogP contribution in [0, 0.1) is 11.8 Å². The molecule has 1 aromatic carbocycles. The minimum atomic E-state index is -0.206. The van der Waals surface area contributed by atoms with Gasteiger partial charge in [0, 0.05) is 31.9 Å². The van der Waals surface area contributed by atoms with Crippen LogP contribution in [-0.4, -0.2) is 50.0 Å². The minimum Gasteiger partial charge on any atom is -0.497 e. The van der Waals surface area contributed by atoms with Gasteiger partial charge in [-0.3, -0.25) is 9.59 Å². The molecule has 2 amide bonds. The maximum atomic E-state index is 12.7. The Morgan fingerprint density at radius 1 is 1.11 bits per heavy atom. The van der Waals surface area contributed by atoms with Crippen LogP contribution in [0.25, 0.3) is 0 Å². The van der Waals surface area contributed by atoms with E-state index in [1.54, 1.807) is 19.4 Å². The summed E-state index contributed by atoms with van der Waals surface area (Å²) in [6, 6.07) is 11.6. The molecular formula is C21H25N3O4. The molecule has 4 rings (SSSR count). The zero-order valence-electron chi connectivity index (χ0n) is 16.0. The molecule has 2 fully saturated rings. The molecule has 148 valence electrons. The molecule has 0 spiro atoms. The van der Waals surface area contributed by atoms with E-state index in [1.165, 1.54) is 0 Å². The Hall–Kier alpha value is -2.96. The number of carbonyl (C=O) groups is 2. The summed E-state index contributed by atoms with van der Waals surface area (Å²) in [6.07, 6.45) is 2.22. The van der Waals surface area contributed by atoms with E-state index in [9.17, 15) is 9.59 Å². The van der Waals surface area contributed by atoms with Gasteiger partial charge in [0.05, 0.1) is 31.8 Å². The maximum absolute atomic E-state index is 12.7. The zero-order valence-corrected chi connectivity index (χ0v) is 16.0. The monoisotopic (exact) mass is 383 g/mol. The Kier molecular flexibility index (Phi) is 5.23. The number of ether oxygens (including phenoxy) is 1. The average molecular weight is 383 g/mol. The van der Waals surface area contributed by atoms with Gasteiger partial charge in [-0.2, -0.15) is 0 Å². The lowest BCUT2D eigenvalue weighted by molar-refractivity contribution is -0.135. The number of carbonyl (C=O) groups excluding carboxylic acids is 2. The Morgan fingerprint density at radius 3 is 2.50 bits per heavy atom. The number of anilines is 1. The Morgan fingerprint density at radius 2 is 1.86 bits per heavy atom. The Balaban J connectivity index is 1.23. The first kappa shape index (κ1) is 18.4. The SMILES string of the molecule is COc1ccc(N2CCN(C(=O)C3CC3C(=O)NCc3ccco3)CC2)cc1. The molecular weight excluding hydrogens is 358 g/mol. The van der Waals surface area contributed by atoms with Crippen LogP contribution < -0.4 is 15.0 Å². The molecule has 2 aliphatic rings. The Bertz CT molecular complexity index is 811. The third-order valence-electron chi connectivity index (χ3n) is 5.49. The summed E-state index contributed by atoms with van der Waals surface area (Å²) in [5, 5.41) is 2.85. The first-order valence-corrected chi connectivity index (χ1v) is 9.63. The molecule has 28 heavy (non-hydrogen) atoms. The highest BCUT2D eigenvalue weighted by atomic mass is 16.5. The van der Waals surface area contributed by atoms with Crippen LogP contribution in [0.15, 0.2) is 47.1 Å². The topological polar surface area (TPSA) is 75.0 Å². The number of furan rings is 1. The smallest absolute Gasteiger partial charge is 0.226 e. The fraction of sp³-hybridized carbons (Fsp3) is 0.429. The molecule has 1 N–H and O–H groups in total. The third-order valence-corrected chi connectivity index (χ3v) is 5.49. The number of benzene rings is 1. The first-order chi connectivity index (χ1) is 13.7. The van der Waals surface area contributed by atoms with Crippen molar-refractivity contribution in [2.75, 3.05) is 38.2 Å². The zero-order chi connectivity index (χ0) is 19.5. The predicted molar refractivity (Wildman–Crippen MR) is 104 cm³/mol. The molecule has 2 atom stereocenters. The summed E-state index contributed by atoms with van der Waals surface area (Å²) >= 11 is 0. The van der Waals surface area contributed by atoms with Crippen molar-refractivity contribution in [2.24, 2.45) is 11.8 Å². The van der Waals surface area contributed by atoms with E-state index in [2.05, 4.69) is 10.2 Å². The van der Waals surface area contributed by atoms with Crippen molar-refractivity contribution in [1.82, 2.24) is 10.2 Å². The third kappa shape index (κ3) is 3.98. The highest BCUT2D eigenvalue weighted by Crippen LogP contribution is 2.40. The Labute approximate surface area is 164 Å². The normalized spacial score (nSPS) is 21.3. The molecule has 7 nitrogen and oxygen atoms in total. The molecule has 0 radical (unpaired) electrons. The number of hydrogen-bond acceptors (Lipinski definition) is 5. The van der Waals surface area contributed by atoms with E-state index < -0.39 is 0 Å². The minimum absolute atomic E-state index is 0.0633. The average Bonchev–Trinajstić information content (AvgIpc) is 3.38. The molecule has 1 saturated carbocycles. The van der Waals surface area contributed by atoms with Crippen molar-refractivity contribution in [3.63, 3.8) is 0 Å². The fourth-order valence-electron chi connectivity index (χ4n) is 3.69. The molecule has 7 heteroatoms. The fourth-order valence-corrected chi connectivity index (χ4v) is 3.69. The second-order valence-corrected chi connectivity index (χ2v) is 7.26. The van der Waals surface area contributed by atoms with Crippen molar-refractivity contribution < 1.29 is 18.7 Å². The number of piperazine rings is 1. The summed E-state index contributed by atoms with van der Waals surface area (Å²) in [6.45, 7) is 3.31. The van der Waals surface area contributed by atoms with E-state index in [0.29, 0.717) is 31.8 Å². The van der Waals surface area contributed by atoms with Crippen LogP contribution in [0.4, 0.5) is 5.69 Å². The van der Waals surface area contributed by atoms with Gasteiger partial charge in [-0.15, -0.1) is 0 Å². The number of nitrogens with zero attached hydrogens (tertiary/aromatic N) is 2. The van der Waals surface area contributed by atoms with Gasteiger partial charge in [-0.1, -0.05) is 0 Å². The van der Waals surface area contributed by atoms with Gasteiger partial charge < -0.3 is 24.3 Å². The molecule has 1 saturated heterocycles. The predicted octanol–water partition coefficient (Wildman–Crippen LogP) is 1.89. The molecule has 2 unspecified atom stereocenters. The number of amides is 2. The summed E-state index contributed by atoms with van der Waals surface area (Å²) in [7, 11) is 1.65. The van der Waals surface area contributed by atoms with Crippen LogP contribution in [-0.2, 0) is 16.1 Å². The lowest BCUT2D eigenvalue weighted by Gasteiger charge is -2.36. The maximum Gasteiger partial charge on any atom is 0.226 e.